The van der Waals surface area contributed by atoms with Gasteiger partial charge < -0.3 is 15.7 Å². The maximum Gasteiger partial charge on any atom is 0.151 e. The summed E-state index contributed by atoms with van der Waals surface area (Å²) in [6.07, 6.45) is 0. The Kier molecular flexibility index (Phi) is 3.37. The second-order valence-electron chi connectivity index (χ2n) is 4.19. The predicted octanol–water partition coefficient (Wildman–Crippen LogP) is 2.75. The van der Waals surface area contributed by atoms with Crippen LogP contribution in [0, 0.1) is 5.82 Å². The van der Waals surface area contributed by atoms with Gasteiger partial charge in [0.1, 0.15) is 5.75 Å². The molecular weight excluding hydrogens is 231 g/mol. The maximum atomic E-state index is 13.8. The van der Waals surface area contributed by atoms with E-state index in [-0.39, 0.29) is 17.3 Å². The van der Waals surface area contributed by atoms with Gasteiger partial charge in [-0.15, -0.1) is 0 Å². The second-order valence-corrected chi connectivity index (χ2v) is 4.19. The lowest BCUT2D eigenvalue weighted by atomic mass is 10.1. The number of nitrogens with two attached hydrogens (primary N) is 1. The average Bonchev–Trinajstić information content (AvgIpc) is 2.36. The second kappa shape index (κ2) is 4.96. The molecule has 3 N–H and O–H groups in total. The van der Waals surface area contributed by atoms with Crippen molar-refractivity contribution in [3.8, 4) is 5.75 Å². The number of hydrogen-bond donors (Lipinski definition) is 2. The van der Waals surface area contributed by atoms with Crippen molar-refractivity contribution in [3.05, 3.63) is 53.8 Å². The zero-order valence-corrected chi connectivity index (χ0v) is 10.1. The first-order valence-electron chi connectivity index (χ1n) is 5.61. The van der Waals surface area contributed by atoms with Crippen LogP contribution in [0.15, 0.2) is 42.5 Å². The van der Waals surface area contributed by atoms with Gasteiger partial charge in [0.25, 0.3) is 0 Å². The third-order valence-electron chi connectivity index (χ3n) is 2.81. The SMILES string of the molecule is CN(Cc1cccc(N)c1F)c1ccc(O)cc1. The normalized spacial score (nSPS) is 10.3. The zero-order chi connectivity index (χ0) is 13.1. The van der Waals surface area contributed by atoms with Gasteiger partial charge >= 0.3 is 0 Å². The molecule has 94 valence electrons. The summed E-state index contributed by atoms with van der Waals surface area (Å²) in [7, 11) is 1.86. The molecule has 2 aromatic carbocycles. The minimum atomic E-state index is -0.372. The predicted molar refractivity (Wildman–Crippen MR) is 71.0 cm³/mol. The van der Waals surface area contributed by atoms with E-state index in [9.17, 15) is 9.50 Å². The molecule has 0 unspecified atom stereocenters. The van der Waals surface area contributed by atoms with Crippen LogP contribution in [0.2, 0.25) is 0 Å². The van der Waals surface area contributed by atoms with Crippen molar-refractivity contribution in [1.82, 2.24) is 0 Å². The molecule has 0 radical (unpaired) electrons. The van der Waals surface area contributed by atoms with Gasteiger partial charge in [-0.1, -0.05) is 12.1 Å². The van der Waals surface area contributed by atoms with E-state index in [1.54, 1.807) is 42.5 Å². The molecule has 0 aromatic heterocycles. The van der Waals surface area contributed by atoms with Crippen molar-refractivity contribution in [1.29, 1.82) is 0 Å². The molecule has 0 aliphatic rings. The highest BCUT2D eigenvalue weighted by Gasteiger charge is 2.08. The number of rotatable bonds is 3. The van der Waals surface area contributed by atoms with Gasteiger partial charge in [-0.3, -0.25) is 0 Å². The van der Waals surface area contributed by atoms with Crippen molar-refractivity contribution in [2.75, 3.05) is 17.7 Å². The lowest BCUT2D eigenvalue weighted by molar-refractivity contribution is 0.475. The number of hydrogen-bond acceptors (Lipinski definition) is 3. The molecule has 0 aliphatic carbocycles. The van der Waals surface area contributed by atoms with Crippen LogP contribution in [-0.4, -0.2) is 12.2 Å². The van der Waals surface area contributed by atoms with Gasteiger partial charge in [0, 0.05) is 24.8 Å². The molecule has 0 spiro atoms. The molecule has 4 heteroatoms. The van der Waals surface area contributed by atoms with Crippen LogP contribution in [-0.2, 0) is 6.54 Å². The first-order chi connectivity index (χ1) is 8.58. The summed E-state index contributed by atoms with van der Waals surface area (Å²) in [5.41, 5.74) is 7.13. The van der Waals surface area contributed by atoms with E-state index in [0.717, 1.165) is 5.69 Å². The van der Waals surface area contributed by atoms with Gasteiger partial charge in [-0.25, -0.2) is 4.39 Å². The van der Waals surface area contributed by atoms with E-state index in [0.29, 0.717) is 12.1 Å². The topological polar surface area (TPSA) is 49.5 Å². The third kappa shape index (κ3) is 2.53. The molecule has 2 rings (SSSR count). The molecule has 0 fully saturated rings. The van der Waals surface area contributed by atoms with Gasteiger partial charge in [0.05, 0.1) is 5.69 Å². The van der Waals surface area contributed by atoms with Gasteiger partial charge in [-0.2, -0.15) is 0 Å². The number of phenolic OH excluding ortho intramolecular Hbond substituents is 1. The van der Waals surface area contributed by atoms with Crippen molar-refractivity contribution < 1.29 is 9.50 Å². The van der Waals surface area contributed by atoms with Gasteiger partial charge in [-0.05, 0) is 30.3 Å². The smallest absolute Gasteiger partial charge is 0.151 e. The number of nitrogen functional groups attached to an aromatic ring is 1. The highest BCUT2D eigenvalue weighted by Crippen LogP contribution is 2.21. The Labute approximate surface area is 105 Å². The van der Waals surface area contributed by atoms with Crippen LogP contribution >= 0.6 is 0 Å². The highest BCUT2D eigenvalue weighted by molar-refractivity contribution is 5.50. The Morgan fingerprint density at radius 3 is 2.50 bits per heavy atom. The van der Waals surface area contributed by atoms with Crippen molar-refractivity contribution in [2.24, 2.45) is 0 Å². The van der Waals surface area contributed by atoms with Crippen molar-refractivity contribution in [2.45, 2.75) is 6.54 Å². The van der Waals surface area contributed by atoms with Crippen LogP contribution in [0.4, 0.5) is 15.8 Å². The summed E-state index contributed by atoms with van der Waals surface area (Å²) in [6.45, 7) is 0.418. The summed E-state index contributed by atoms with van der Waals surface area (Å²) in [4.78, 5) is 1.89. The Balaban J connectivity index is 2.18. The largest absolute Gasteiger partial charge is 0.508 e. The van der Waals surface area contributed by atoms with Crippen LogP contribution in [0.5, 0.6) is 5.75 Å². The van der Waals surface area contributed by atoms with E-state index in [1.807, 2.05) is 11.9 Å². The first-order valence-corrected chi connectivity index (χ1v) is 5.61. The Morgan fingerprint density at radius 1 is 1.17 bits per heavy atom. The van der Waals surface area contributed by atoms with Crippen LogP contribution in [0.3, 0.4) is 0 Å². The fourth-order valence-corrected chi connectivity index (χ4v) is 1.78. The number of nitrogens with zero attached hydrogens (tertiary/aromatic N) is 1. The van der Waals surface area contributed by atoms with Crippen LogP contribution in [0.25, 0.3) is 0 Å². The summed E-state index contributed by atoms with van der Waals surface area (Å²) < 4.78 is 13.8. The lowest BCUT2D eigenvalue weighted by Crippen LogP contribution is -2.17. The van der Waals surface area contributed by atoms with E-state index in [2.05, 4.69) is 0 Å². The minimum Gasteiger partial charge on any atom is -0.508 e. The number of anilines is 2. The summed E-state index contributed by atoms with van der Waals surface area (Å²) in [5, 5.41) is 9.21. The monoisotopic (exact) mass is 246 g/mol. The molecule has 0 saturated heterocycles. The van der Waals surface area contributed by atoms with E-state index >= 15 is 0 Å². The average molecular weight is 246 g/mol. The maximum absolute atomic E-state index is 13.8. The van der Waals surface area contributed by atoms with Gasteiger partial charge in [0.15, 0.2) is 5.82 Å². The quantitative estimate of drug-likeness (QED) is 0.819. The van der Waals surface area contributed by atoms with E-state index < -0.39 is 0 Å². The number of aromatic hydroxyl groups is 1. The lowest BCUT2D eigenvalue weighted by Gasteiger charge is -2.20. The Morgan fingerprint density at radius 2 is 1.83 bits per heavy atom. The molecule has 0 bridgehead atoms. The standard InChI is InChI=1S/C14H15FN2O/c1-17(11-5-7-12(18)8-6-11)9-10-3-2-4-13(16)14(10)15/h2-8,18H,9,16H2,1H3. The third-order valence-corrected chi connectivity index (χ3v) is 2.81. The molecule has 3 nitrogen and oxygen atoms in total. The van der Waals surface area contributed by atoms with Crippen molar-refractivity contribution >= 4 is 11.4 Å². The van der Waals surface area contributed by atoms with E-state index in [1.165, 1.54) is 0 Å². The molecule has 18 heavy (non-hydrogen) atoms. The Bertz CT molecular complexity index is 540. The first kappa shape index (κ1) is 12.2. The summed E-state index contributed by atoms with van der Waals surface area (Å²) >= 11 is 0. The highest BCUT2D eigenvalue weighted by atomic mass is 19.1. The Hall–Kier alpha value is -2.23. The molecule has 0 amide bonds. The zero-order valence-electron chi connectivity index (χ0n) is 10.1. The van der Waals surface area contributed by atoms with Crippen LogP contribution < -0.4 is 10.6 Å². The molecule has 0 saturated carbocycles. The fourth-order valence-electron chi connectivity index (χ4n) is 1.78. The molecule has 2 aromatic rings. The van der Waals surface area contributed by atoms with Crippen LogP contribution in [0.1, 0.15) is 5.56 Å². The molecule has 0 atom stereocenters. The number of benzene rings is 2. The molecule has 0 heterocycles. The fraction of sp³-hybridized carbons (Fsp3) is 0.143. The summed E-state index contributed by atoms with van der Waals surface area (Å²) in [6, 6.07) is 11.7. The van der Waals surface area contributed by atoms with Crippen molar-refractivity contribution in [3.63, 3.8) is 0 Å². The minimum absolute atomic E-state index is 0.159. The number of phenols is 1. The number of halogens is 1. The molecular formula is C14H15FN2O. The summed E-state index contributed by atoms with van der Waals surface area (Å²) in [5.74, 6) is -0.162. The van der Waals surface area contributed by atoms with E-state index in [4.69, 9.17) is 5.73 Å². The molecule has 0 aliphatic heterocycles. The van der Waals surface area contributed by atoms with Gasteiger partial charge in [0.2, 0.25) is 0 Å².